The van der Waals surface area contributed by atoms with Gasteiger partial charge in [0.1, 0.15) is 0 Å². The van der Waals surface area contributed by atoms with Crippen molar-refractivity contribution in [3.8, 4) is 33.4 Å². The topological polar surface area (TPSA) is 40.5 Å². The van der Waals surface area contributed by atoms with Gasteiger partial charge >= 0.3 is 7.12 Å². The van der Waals surface area contributed by atoms with E-state index in [9.17, 15) is 10.0 Å². The summed E-state index contributed by atoms with van der Waals surface area (Å²) in [6.45, 7) is 12.6. The van der Waals surface area contributed by atoms with Gasteiger partial charge in [0.05, 0.1) is 0 Å². The van der Waals surface area contributed by atoms with E-state index in [1.54, 1.807) is 0 Å². The number of aryl methyl sites for hydroxylation is 6. The Labute approximate surface area is 197 Å². The third-order valence-corrected chi connectivity index (χ3v) is 6.07. The minimum atomic E-state index is -1.57. The molecule has 0 radical (unpaired) electrons. The zero-order chi connectivity index (χ0) is 23.9. The van der Waals surface area contributed by atoms with Crippen LogP contribution >= 0.6 is 0 Å². The van der Waals surface area contributed by atoms with Crippen molar-refractivity contribution in [2.24, 2.45) is 0 Å². The van der Waals surface area contributed by atoms with Crippen LogP contribution in [0.3, 0.4) is 0 Å². The minimum absolute atomic E-state index is 0.516. The molecule has 166 valence electrons. The largest absolute Gasteiger partial charge is 0.489 e. The van der Waals surface area contributed by atoms with Crippen LogP contribution in [0.15, 0.2) is 66.7 Å². The number of rotatable bonds is 4. The van der Waals surface area contributed by atoms with Gasteiger partial charge in [0.15, 0.2) is 0 Å². The zero-order valence-electron chi connectivity index (χ0n) is 20.3. The minimum Gasteiger partial charge on any atom is -0.423 e. The van der Waals surface area contributed by atoms with E-state index in [0.717, 1.165) is 44.5 Å². The van der Waals surface area contributed by atoms with E-state index < -0.39 is 7.12 Å². The Morgan fingerprint density at radius 3 is 1.21 bits per heavy atom. The maximum Gasteiger partial charge on any atom is 0.489 e. The summed E-state index contributed by atoms with van der Waals surface area (Å²) in [7, 11) is -1.57. The average molecular weight is 434 g/mol. The maximum atomic E-state index is 10.4. The highest BCUT2D eigenvalue weighted by molar-refractivity contribution is 6.61. The molecular weight excluding hydrogens is 403 g/mol. The molecule has 4 aromatic carbocycles. The number of hydrogen-bond acceptors (Lipinski definition) is 2. The lowest BCUT2D eigenvalue weighted by atomic mass is 9.71. The van der Waals surface area contributed by atoms with E-state index in [2.05, 4.69) is 96.1 Å². The first kappa shape index (κ1) is 23.0. The molecule has 0 aliphatic carbocycles. The summed E-state index contributed by atoms with van der Waals surface area (Å²) in [6.07, 6.45) is 0. The average Bonchev–Trinajstić information content (AvgIpc) is 2.70. The third kappa shape index (κ3) is 4.80. The van der Waals surface area contributed by atoms with Crippen LogP contribution in [-0.2, 0) is 0 Å². The second-order valence-electron chi connectivity index (χ2n) is 9.46. The molecule has 0 aromatic heterocycles. The van der Waals surface area contributed by atoms with Crippen molar-refractivity contribution >= 4 is 12.6 Å². The molecule has 0 spiro atoms. The van der Waals surface area contributed by atoms with Gasteiger partial charge in [-0.25, -0.2) is 0 Å². The Morgan fingerprint density at radius 1 is 0.455 bits per heavy atom. The molecule has 0 atom stereocenters. The van der Waals surface area contributed by atoms with Crippen molar-refractivity contribution in [1.82, 2.24) is 0 Å². The highest BCUT2D eigenvalue weighted by atomic mass is 16.4. The van der Waals surface area contributed by atoms with Crippen molar-refractivity contribution in [2.45, 2.75) is 41.5 Å². The van der Waals surface area contributed by atoms with Crippen LogP contribution in [0, 0.1) is 41.5 Å². The fraction of sp³-hybridized carbons (Fsp3) is 0.200. The molecule has 4 aromatic rings. The normalized spacial score (nSPS) is 11.0. The van der Waals surface area contributed by atoms with Gasteiger partial charge in [0.25, 0.3) is 0 Å². The van der Waals surface area contributed by atoms with Crippen molar-refractivity contribution in [1.29, 1.82) is 0 Å². The van der Waals surface area contributed by atoms with Gasteiger partial charge in [0, 0.05) is 0 Å². The van der Waals surface area contributed by atoms with E-state index in [-0.39, 0.29) is 0 Å². The van der Waals surface area contributed by atoms with Gasteiger partial charge in [-0.15, -0.1) is 0 Å². The molecule has 2 nitrogen and oxygen atoms in total. The molecule has 2 N–H and O–H groups in total. The first-order valence-corrected chi connectivity index (χ1v) is 11.4. The second kappa shape index (κ2) is 9.01. The molecule has 0 saturated heterocycles. The van der Waals surface area contributed by atoms with Gasteiger partial charge in [-0.3, -0.25) is 0 Å². The number of hydrogen-bond donors (Lipinski definition) is 2. The van der Waals surface area contributed by atoms with Gasteiger partial charge < -0.3 is 10.0 Å². The zero-order valence-corrected chi connectivity index (χ0v) is 20.3. The molecule has 4 rings (SSSR count). The van der Waals surface area contributed by atoms with E-state index in [1.807, 2.05) is 12.1 Å². The van der Waals surface area contributed by atoms with Crippen LogP contribution in [0.1, 0.15) is 33.4 Å². The first-order valence-electron chi connectivity index (χ1n) is 11.4. The molecule has 0 aliphatic heterocycles. The van der Waals surface area contributed by atoms with E-state index >= 15 is 0 Å². The second-order valence-corrected chi connectivity index (χ2v) is 9.46. The molecule has 33 heavy (non-hydrogen) atoms. The van der Waals surface area contributed by atoms with Crippen molar-refractivity contribution in [3.63, 3.8) is 0 Å². The molecule has 0 saturated carbocycles. The van der Waals surface area contributed by atoms with Crippen LogP contribution in [0.5, 0.6) is 0 Å². The van der Waals surface area contributed by atoms with Crippen molar-refractivity contribution in [2.75, 3.05) is 0 Å². The van der Waals surface area contributed by atoms with Crippen LogP contribution in [-0.4, -0.2) is 17.2 Å². The lowest BCUT2D eigenvalue weighted by Gasteiger charge is -2.22. The van der Waals surface area contributed by atoms with Gasteiger partial charge in [-0.2, -0.15) is 0 Å². The molecule has 0 fully saturated rings. The molecular formula is C30H31BO2. The Kier molecular flexibility index (Phi) is 6.29. The molecule has 0 unspecified atom stereocenters. The third-order valence-electron chi connectivity index (χ3n) is 6.07. The van der Waals surface area contributed by atoms with Gasteiger partial charge in [-0.1, -0.05) is 100 Å². The molecule has 0 bridgehead atoms. The lowest BCUT2D eigenvalue weighted by molar-refractivity contribution is 0.426. The summed E-state index contributed by atoms with van der Waals surface area (Å²) in [4.78, 5) is 0. The molecule has 0 heterocycles. The van der Waals surface area contributed by atoms with Crippen LogP contribution in [0.25, 0.3) is 33.4 Å². The fourth-order valence-corrected chi connectivity index (χ4v) is 5.05. The summed E-state index contributed by atoms with van der Waals surface area (Å²) in [5, 5.41) is 20.8. The predicted octanol–water partition coefficient (Wildman–Crippen LogP) is 6.22. The standard InChI is InChI=1S/C30H31BO2/c1-18-9-19(2)13-24(12-18)27-7-8-28(31(32)33)30(26-16-22(5)11-23(6)17-26)29(27)25-14-20(3)10-21(4)15-25/h7-17,32-33H,1-6H3. The summed E-state index contributed by atoms with van der Waals surface area (Å²) in [6, 6.07) is 23.4. The quantitative estimate of drug-likeness (QED) is 0.375. The monoisotopic (exact) mass is 434 g/mol. The lowest BCUT2D eigenvalue weighted by Crippen LogP contribution is -2.32. The Hall–Kier alpha value is -3.14. The van der Waals surface area contributed by atoms with Crippen LogP contribution in [0.2, 0.25) is 0 Å². The smallest absolute Gasteiger partial charge is 0.423 e. The van der Waals surface area contributed by atoms with Crippen molar-refractivity contribution < 1.29 is 10.0 Å². The van der Waals surface area contributed by atoms with Gasteiger partial charge in [-0.05, 0) is 80.4 Å². The first-order chi connectivity index (χ1) is 15.6. The van der Waals surface area contributed by atoms with Crippen molar-refractivity contribution in [3.05, 3.63) is 100 Å². The summed E-state index contributed by atoms with van der Waals surface area (Å²) >= 11 is 0. The summed E-state index contributed by atoms with van der Waals surface area (Å²) in [5.41, 5.74) is 13.8. The maximum absolute atomic E-state index is 10.4. The van der Waals surface area contributed by atoms with E-state index in [1.165, 1.54) is 22.3 Å². The highest BCUT2D eigenvalue weighted by Crippen LogP contribution is 2.41. The highest BCUT2D eigenvalue weighted by Gasteiger charge is 2.24. The van der Waals surface area contributed by atoms with Crippen LogP contribution < -0.4 is 5.46 Å². The summed E-state index contributed by atoms with van der Waals surface area (Å²) in [5.74, 6) is 0. The Morgan fingerprint density at radius 2 is 0.818 bits per heavy atom. The van der Waals surface area contributed by atoms with Crippen LogP contribution in [0.4, 0.5) is 0 Å². The number of benzene rings is 4. The predicted molar refractivity (Wildman–Crippen MR) is 141 cm³/mol. The van der Waals surface area contributed by atoms with E-state index in [0.29, 0.717) is 5.46 Å². The molecule has 0 aliphatic rings. The SMILES string of the molecule is Cc1cc(C)cc(-c2ccc(B(O)O)c(-c3cc(C)cc(C)c3)c2-c2cc(C)cc(C)c2)c1. The van der Waals surface area contributed by atoms with E-state index in [4.69, 9.17) is 0 Å². The summed E-state index contributed by atoms with van der Waals surface area (Å²) < 4.78 is 0. The Balaban J connectivity index is 2.19. The van der Waals surface area contributed by atoms with Gasteiger partial charge in [0.2, 0.25) is 0 Å². The Bertz CT molecular complexity index is 1290. The molecule has 3 heteroatoms. The fourth-order valence-electron chi connectivity index (χ4n) is 5.05. The molecule has 0 amide bonds.